The van der Waals surface area contributed by atoms with E-state index in [1.54, 1.807) is 6.92 Å². The molecule has 4 heteroatoms. The maximum absolute atomic E-state index is 10.8. The summed E-state index contributed by atoms with van der Waals surface area (Å²) in [7, 11) is 4.18. The van der Waals surface area contributed by atoms with Crippen LogP contribution in [-0.2, 0) is 11.8 Å². The molecule has 0 spiro atoms. The first kappa shape index (κ1) is 16.7. The Kier molecular flexibility index (Phi) is 5.72. The number of imidazole rings is 1. The van der Waals surface area contributed by atoms with Crippen LogP contribution in [0.4, 0.5) is 0 Å². The third-order valence-electron chi connectivity index (χ3n) is 4.43. The molecule has 120 valence electrons. The molecule has 0 atom stereocenters. The van der Waals surface area contributed by atoms with E-state index in [1.807, 2.05) is 32.2 Å². The molecule has 1 fully saturated rings. The molecular weight excluding hydrogens is 274 g/mol. The highest BCUT2D eigenvalue weighted by molar-refractivity contribution is 5.76. The molecule has 22 heavy (non-hydrogen) atoms. The van der Waals surface area contributed by atoms with Crippen molar-refractivity contribution in [1.82, 2.24) is 14.5 Å². The van der Waals surface area contributed by atoms with E-state index in [0.717, 1.165) is 30.9 Å². The zero-order valence-corrected chi connectivity index (χ0v) is 14.2. The number of piperidine rings is 1. The maximum Gasteiger partial charge on any atom is 0.130 e. The lowest BCUT2D eigenvalue weighted by atomic mass is 9.92. The van der Waals surface area contributed by atoms with Crippen molar-refractivity contribution in [3.05, 3.63) is 30.1 Å². The molecule has 0 aliphatic carbocycles. The zero-order valence-electron chi connectivity index (χ0n) is 14.2. The average molecular weight is 301 g/mol. The van der Waals surface area contributed by atoms with E-state index in [-0.39, 0.29) is 0 Å². The van der Waals surface area contributed by atoms with E-state index < -0.39 is 0 Å². The average Bonchev–Trinajstić information content (AvgIpc) is 2.77. The van der Waals surface area contributed by atoms with E-state index >= 15 is 0 Å². The lowest BCUT2D eigenvalue weighted by Gasteiger charge is -2.28. The Morgan fingerprint density at radius 3 is 2.45 bits per heavy atom. The van der Waals surface area contributed by atoms with E-state index in [4.69, 9.17) is 0 Å². The van der Waals surface area contributed by atoms with Crippen LogP contribution >= 0.6 is 0 Å². The van der Waals surface area contributed by atoms with Crippen LogP contribution in [0.5, 0.6) is 0 Å². The first-order chi connectivity index (χ1) is 10.5. The Hall–Kier alpha value is -1.68. The third kappa shape index (κ3) is 4.41. The standard InChI is InChI=1S/C9H10N2.C9H17NO/c1-7-10-8-5-3-4-6-9(8)11(7)2;1-8(11)7-9-3-5-10(2)6-4-9/h3-6H,1-2H3;9H,3-7H2,1-2H3. The van der Waals surface area contributed by atoms with Crippen molar-refractivity contribution < 1.29 is 4.79 Å². The van der Waals surface area contributed by atoms with Crippen molar-refractivity contribution in [1.29, 1.82) is 0 Å². The lowest BCUT2D eigenvalue weighted by molar-refractivity contribution is -0.118. The van der Waals surface area contributed by atoms with Gasteiger partial charge in [0.25, 0.3) is 0 Å². The number of hydrogen-bond donors (Lipinski definition) is 0. The number of ketones is 1. The maximum atomic E-state index is 10.8. The number of hydrogen-bond acceptors (Lipinski definition) is 3. The summed E-state index contributed by atoms with van der Waals surface area (Å²) in [6.45, 7) is 6.04. The van der Waals surface area contributed by atoms with Crippen LogP contribution in [0.2, 0.25) is 0 Å². The van der Waals surface area contributed by atoms with Crippen LogP contribution in [0.3, 0.4) is 0 Å². The Morgan fingerprint density at radius 1 is 1.23 bits per heavy atom. The first-order valence-corrected chi connectivity index (χ1v) is 8.03. The van der Waals surface area contributed by atoms with Crippen molar-refractivity contribution in [2.24, 2.45) is 13.0 Å². The normalized spacial score (nSPS) is 16.4. The van der Waals surface area contributed by atoms with Crippen molar-refractivity contribution in [3.63, 3.8) is 0 Å². The monoisotopic (exact) mass is 301 g/mol. The van der Waals surface area contributed by atoms with Crippen LogP contribution in [-0.4, -0.2) is 40.4 Å². The Bertz CT molecular complexity index is 624. The molecular formula is C18H27N3O. The van der Waals surface area contributed by atoms with Crippen LogP contribution in [0.15, 0.2) is 24.3 Å². The van der Waals surface area contributed by atoms with Crippen LogP contribution in [0.1, 0.15) is 32.0 Å². The molecule has 0 unspecified atom stereocenters. The van der Waals surface area contributed by atoms with Crippen molar-refractivity contribution >= 4 is 16.8 Å². The van der Waals surface area contributed by atoms with Crippen LogP contribution < -0.4 is 0 Å². The predicted molar refractivity (Wildman–Crippen MR) is 91.0 cm³/mol. The zero-order chi connectivity index (χ0) is 16.1. The number of fused-ring (bicyclic) bond motifs is 1. The second-order valence-electron chi connectivity index (χ2n) is 6.36. The smallest absolute Gasteiger partial charge is 0.130 e. The van der Waals surface area contributed by atoms with E-state index in [1.165, 1.54) is 18.4 Å². The SMILES string of the molecule is CC(=O)CC1CCN(C)CC1.Cc1nc2ccccc2n1C. The highest BCUT2D eigenvalue weighted by Crippen LogP contribution is 2.19. The van der Waals surface area contributed by atoms with Gasteiger partial charge in [0.1, 0.15) is 11.6 Å². The molecule has 1 aliphatic heterocycles. The second-order valence-corrected chi connectivity index (χ2v) is 6.36. The Labute approximate surface area is 133 Å². The van der Waals surface area contributed by atoms with Gasteiger partial charge in [-0.15, -0.1) is 0 Å². The molecule has 1 saturated heterocycles. The van der Waals surface area contributed by atoms with Gasteiger partial charge < -0.3 is 14.3 Å². The van der Waals surface area contributed by atoms with Gasteiger partial charge in [0.15, 0.2) is 0 Å². The quantitative estimate of drug-likeness (QED) is 0.855. The molecule has 0 saturated carbocycles. The van der Waals surface area contributed by atoms with Gasteiger partial charge >= 0.3 is 0 Å². The number of carbonyl (C=O) groups excluding carboxylic acids is 1. The summed E-state index contributed by atoms with van der Waals surface area (Å²) < 4.78 is 2.09. The topological polar surface area (TPSA) is 38.1 Å². The fraction of sp³-hybridized carbons (Fsp3) is 0.556. The van der Waals surface area contributed by atoms with Crippen molar-refractivity contribution in [2.75, 3.05) is 20.1 Å². The predicted octanol–water partition coefficient (Wildman–Crippen LogP) is 3.19. The van der Waals surface area contributed by atoms with E-state index in [9.17, 15) is 4.79 Å². The molecule has 3 rings (SSSR count). The summed E-state index contributed by atoms with van der Waals surface area (Å²) in [6, 6.07) is 8.15. The summed E-state index contributed by atoms with van der Waals surface area (Å²) in [6.07, 6.45) is 3.21. The highest BCUT2D eigenvalue weighted by Gasteiger charge is 2.17. The number of likely N-dealkylation sites (tertiary alicyclic amines) is 1. The van der Waals surface area contributed by atoms with E-state index in [0.29, 0.717) is 11.7 Å². The molecule has 0 amide bonds. The minimum atomic E-state index is 0.347. The number of Topliss-reactive ketones (excluding diaryl/α,β-unsaturated/α-hetero) is 1. The molecule has 2 heterocycles. The molecule has 1 aromatic heterocycles. The molecule has 0 N–H and O–H groups in total. The minimum absolute atomic E-state index is 0.347. The van der Waals surface area contributed by atoms with Gasteiger partial charge in [-0.1, -0.05) is 12.1 Å². The first-order valence-electron chi connectivity index (χ1n) is 8.03. The van der Waals surface area contributed by atoms with Gasteiger partial charge in [-0.25, -0.2) is 4.98 Å². The second kappa shape index (κ2) is 7.54. The van der Waals surface area contributed by atoms with Gasteiger partial charge in [-0.05, 0) is 64.9 Å². The number of para-hydroxylation sites is 2. The summed E-state index contributed by atoms with van der Waals surface area (Å²) >= 11 is 0. The highest BCUT2D eigenvalue weighted by atomic mass is 16.1. The van der Waals surface area contributed by atoms with Gasteiger partial charge in [0.05, 0.1) is 11.0 Å². The number of aromatic nitrogens is 2. The Morgan fingerprint density at radius 2 is 1.86 bits per heavy atom. The fourth-order valence-electron chi connectivity index (χ4n) is 2.94. The van der Waals surface area contributed by atoms with Gasteiger partial charge in [-0.3, -0.25) is 0 Å². The summed E-state index contributed by atoms with van der Waals surface area (Å²) in [4.78, 5) is 17.5. The van der Waals surface area contributed by atoms with Crippen LogP contribution in [0, 0.1) is 12.8 Å². The summed E-state index contributed by atoms with van der Waals surface area (Å²) in [5, 5.41) is 0. The van der Waals surface area contributed by atoms with Crippen molar-refractivity contribution in [3.8, 4) is 0 Å². The number of rotatable bonds is 2. The molecule has 4 nitrogen and oxygen atoms in total. The minimum Gasteiger partial charge on any atom is -0.331 e. The molecule has 1 aliphatic rings. The number of carbonyl (C=O) groups is 1. The molecule has 1 aromatic carbocycles. The van der Waals surface area contributed by atoms with Gasteiger partial charge in [0.2, 0.25) is 0 Å². The van der Waals surface area contributed by atoms with Crippen molar-refractivity contribution in [2.45, 2.75) is 33.1 Å². The number of benzene rings is 1. The van der Waals surface area contributed by atoms with E-state index in [2.05, 4.69) is 27.6 Å². The fourth-order valence-corrected chi connectivity index (χ4v) is 2.94. The Balaban J connectivity index is 0.000000160. The lowest BCUT2D eigenvalue weighted by Crippen LogP contribution is -2.30. The summed E-state index contributed by atoms with van der Waals surface area (Å²) in [5.41, 5.74) is 2.28. The largest absolute Gasteiger partial charge is 0.331 e. The molecule has 2 aromatic rings. The molecule has 0 bridgehead atoms. The number of aryl methyl sites for hydroxylation is 2. The van der Waals surface area contributed by atoms with Gasteiger partial charge in [-0.2, -0.15) is 0 Å². The number of nitrogens with zero attached hydrogens (tertiary/aromatic N) is 3. The third-order valence-corrected chi connectivity index (χ3v) is 4.43. The molecule has 0 radical (unpaired) electrons. The van der Waals surface area contributed by atoms with Crippen LogP contribution in [0.25, 0.3) is 11.0 Å². The van der Waals surface area contributed by atoms with Gasteiger partial charge in [0, 0.05) is 13.5 Å². The summed E-state index contributed by atoms with van der Waals surface area (Å²) in [5.74, 6) is 2.08.